The molecule has 0 radical (unpaired) electrons. The van der Waals surface area contributed by atoms with E-state index in [1.54, 1.807) is 0 Å². The van der Waals surface area contributed by atoms with Gasteiger partial charge in [0.1, 0.15) is 23.9 Å². The second kappa shape index (κ2) is 12.3. The van der Waals surface area contributed by atoms with E-state index in [4.69, 9.17) is 15.2 Å². The quantitative estimate of drug-likeness (QED) is 0.414. The number of amides is 1. The van der Waals surface area contributed by atoms with Crippen LogP contribution in [0.3, 0.4) is 0 Å². The fourth-order valence-corrected chi connectivity index (χ4v) is 5.51. The standard InChI is InChI=1S/C31H36FN3O3/c32-25-6-8-26(9-7-25)35-17-14-24-21-28(38-22-31(33)36)12-13-29(24)30(35)20-23-4-10-27(11-5-23)37-19-18-34-15-2-1-3-16-34/h4-13,21,30H,1-3,14-20,22H2,(H2,33,36). The topological polar surface area (TPSA) is 68.0 Å². The van der Waals surface area contributed by atoms with Gasteiger partial charge in [-0.3, -0.25) is 9.69 Å². The molecular formula is C31H36FN3O3. The number of primary amides is 1. The zero-order chi connectivity index (χ0) is 26.3. The lowest BCUT2D eigenvalue weighted by molar-refractivity contribution is -0.119. The Morgan fingerprint density at radius 3 is 2.37 bits per heavy atom. The van der Waals surface area contributed by atoms with Crippen molar-refractivity contribution >= 4 is 11.6 Å². The van der Waals surface area contributed by atoms with Crippen molar-refractivity contribution in [3.05, 3.63) is 89.2 Å². The molecule has 6 nitrogen and oxygen atoms in total. The minimum atomic E-state index is -0.498. The van der Waals surface area contributed by atoms with Gasteiger partial charge < -0.3 is 20.1 Å². The molecule has 1 amide bonds. The largest absolute Gasteiger partial charge is 0.492 e. The zero-order valence-corrected chi connectivity index (χ0v) is 21.8. The number of halogens is 1. The smallest absolute Gasteiger partial charge is 0.255 e. The van der Waals surface area contributed by atoms with Crippen LogP contribution in [0.5, 0.6) is 11.5 Å². The van der Waals surface area contributed by atoms with Crippen LogP contribution in [-0.2, 0) is 17.6 Å². The second-order valence-corrected chi connectivity index (χ2v) is 10.2. The lowest BCUT2D eigenvalue weighted by Crippen LogP contribution is -2.36. The molecule has 1 fully saturated rings. The maximum atomic E-state index is 13.7. The van der Waals surface area contributed by atoms with E-state index in [9.17, 15) is 9.18 Å². The number of carbonyl (C=O) groups is 1. The van der Waals surface area contributed by atoms with Crippen molar-refractivity contribution in [1.29, 1.82) is 0 Å². The molecule has 38 heavy (non-hydrogen) atoms. The maximum Gasteiger partial charge on any atom is 0.255 e. The third-order valence-corrected chi connectivity index (χ3v) is 7.49. The number of anilines is 1. The fraction of sp³-hybridized carbons (Fsp3) is 0.387. The number of fused-ring (bicyclic) bond motifs is 1. The molecule has 0 spiro atoms. The summed E-state index contributed by atoms with van der Waals surface area (Å²) in [4.78, 5) is 16.0. The van der Waals surface area contributed by atoms with Crippen molar-refractivity contribution in [2.45, 2.75) is 38.1 Å². The highest BCUT2D eigenvalue weighted by molar-refractivity contribution is 5.75. The number of hydrogen-bond acceptors (Lipinski definition) is 5. The number of rotatable bonds is 10. The minimum absolute atomic E-state index is 0.0697. The Balaban J connectivity index is 1.31. The predicted molar refractivity (Wildman–Crippen MR) is 147 cm³/mol. The molecule has 7 heteroatoms. The van der Waals surface area contributed by atoms with E-state index in [1.807, 2.05) is 24.3 Å². The molecule has 0 aliphatic carbocycles. The number of benzene rings is 3. The van der Waals surface area contributed by atoms with Crippen LogP contribution in [0.25, 0.3) is 0 Å². The number of nitrogens with two attached hydrogens (primary N) is 1. The van der Waals surface area contributed by atoms with Gasteiger partial charge in [0.2, 0.25) is 0 Å². The van der Waals surface area contributed by atoms with Crippen molar-refractivity contribution in [1.82, 2.24) is 4.90 Å². The molecule has 0 bridgehead atoms. The SMILES string of the molecule is NC(=O)COc1ccc2c(c1)CCN(c1ccc(F)cc1)C2Cc1ccc(OCCN2CCCCC2)cc1. The molecule has 3 aromatic rings. The molecule has 0 saturated carbocycles. The van der Waals surface area contributed by atoms with Gasteiger partial charge in [-0.15, -0.1) is 0 Å². The third-order valence-electron chi connectivity index (χ3n) is 7.49. The number of ether oxygens (including phenoxy) is 2. The summed E-state index contributed by atoms with van der Waals surface area (Å²) in [5.41, 5.74) is 9.83. The molecule has 200 valence electrons. The van der Waals surface area contributed by atoms with E-state index in [-0.39, 0.29) is 18.5 Å². The van der Waals surface area contributed by atoms with Gasteiger partial charge in [-0.1, -0.05) is 24.6 Å². The first-order valence-corrected chi connectivity index (χ1v) is 13.6. The molecule has 5 rings (SSSR count). The minimum Gasteiger partial charge on any atom is -0.492 e. The van der Waals surface area contributed by atoms with Crippen LogP contribution in [0.15, 0.2) is 66.7 Å². The van der Waals surface area contributed by atoms with E-state index in [0.717, 1.165) is 37.4 Å². The Morgan fingerprint density at radius 1 is 0.895 bits per heavy atom. The summed E-state index contributed by atoms with van der Waals surface area (Å²) in [6, 6.07) is 21.1. The van der Waals surface area contributed by atoms with E-state index < -0.39 is 5.91 Å². The van der Waals surface area contributed by atoms with Gasteiger partial charge in [0.05, 0.1) is 6.04 Å². The normalized spacial score (nSPS) is 17.6. The molecule has 2 aliphatic rings. The van der Waals surface area contributed by atoms with Crippen molar-refractivity contribution in [3.8, 4) is 11.5 Å². The van der Waals surface area contributed by atoms with Crippen LogP contribution in [0.1, 0.15) is 42.0 Å². The van der Waals surface area contributed by atoms with Gasteiger partial charge in [-0.2, -0.15) is 0 Å². The Labute approximate surface area is 224 Å². The van der Waals surface area contributed by atoms with E-state index in [0.29, 0.717) is 12.4 Å². The number of carbonyl (C=O) groups excluding carboxylic acids is 1. The summed E-state index contributed by atoms with van der Waals surface area (Å²) in [5.74, 6) is 0.792. The number of hydrogen-bond donors (Lipinski definition) is 1. The summed E-state index contributed by atoms with van der Waals surface area (Å²) >= 11 is 0. The first-order chi connectivity index (χ1) is 18.5. The van der Waals surface area contributed by atoms with Gasteiger partial charge in [0.25, 0.3) is 5.91 Å². The van der Waals surface area contributed by atoms with Gasteiger partial charge in [-0.05, 0) is 104 Å². The molecule has 0 aromatic heterocycles. The lowest BCUT2D eigenvalue weighted by atomic mass is 9.88. The lowest BCUT2D eigenvalue weighted by Gasteiger charge is -2.39. The summed E-state index contributed by atoms with van der Waals surface area (Å²) in [6.45, 7) is 4.67. The van der Waals surface area contributed by atoms with Crippen molar-refractivity contribution in [3.63, 3.8) is 0 Å². The predicted octanol–water partition coefficient (Wildman–Crippen LogP) is 4.90. The Morgan fingerprint density at radius 2 is 1.63 bits per heavy atom. The Bertz CT molecular complexity index is 1210. The van der Waals surface area contributed by atoms with Crippen LogP contribution in [-0.4, -0.2) is 50.2 Å². The average Bonchev–Trinajstić information content (AvgIpc) is 2.94. The summed E-state index contributed by atoms with van der Waals surface area (Å²) in [6.07, 6.45) is 5.53. The number of nitrogens with zero attached hydrogens (tertiary/aromatic N) is 2. The third kappa shape index (κ3) is 6.64. The average molecular weight is 518 g/mol. The number of piperidine rings is 1. The zero-order valence-electron chi connectivity index (χ0n) is 21.8. The molecule has 3 aromatic carbocycles. The molecule has 2 heterocycles. The molecule has 1 unspecified atom stereocenters. The Hall–Kier alpha value is -3.58. The van der Waals surface area contributed by atoms with Gasteiger partial charge in [0.15, 0.2) is 6.61 Å². The summed E-state index contributed by atoms with van der Waals surface area (Å²) in [7, 11) is 0. The van der Waals surface area contributed by atoms with Crippen molar-refractivity contribution in [2.75, 3.05) is 44.3 Å². The van der Waals surface area contributed by atoms with Crippen LogP contribution >= 0.6 is 0 Å². The van der Waals surface area contributed by atoms with Crippen LogP contribution in [0.4, 0.5) is 10.1 Å². The fourth-order valence-electron chi connectivity index (χ4n) is 5.51. The van der Waals surface area contributed by atoms with Crippen molar-refractivity contribution < 1.29 is 18.7 Å². The molecular weight excluding hydrogens is 481 g/mol. The van der Waals surface area contributed by atoms with Crippen LogP contribution < -0.4 is 20.1 Å². The highest BCUT2D eigenvalue weighted by Gasteiger charge is 2.28. The molecule has 1 saturated heterocycles. The molecule has 2 aliphatic heterocycles. The van der Waals surface area contributed by atoms with Gasteiger partial charge in [-0.25, -0.2) is 4.39 Å². The Kier molecular flexibility index (Phi) is 8.44. The first kappa shape index (κ1) is 26.0. The highest BCUT2D eigenvalue weighted by Crippen LogP contribution is 2.37. The highest BCUT2D eigenvalue weighted by atomic mass is 19.1. The van der Waals surface area contributed by atoms with Crippen LogP contribution in [0.2, 0.25) is 0 Å². The van der Waals surface area contributed by atoms with Gasteiger partial charge in [0, 0.05) is 18.8 Å². The van der Waals surface area contributed by atoms with E-state index in [1.165, 1.54) is 61.2 Å². The first-order valence-electron chi connectivity index (χ1n) is 13.6. The maximum absolute atomic E-state index is 13.7. The monoisotopic (exact) mass is 517 g/mol. The molecule has 1 atom stereocenters. The summed E-state index contributed by atoms with van der Waals surface area (Å²) in [5, 5.41) is 0. The number of likely N-dealkylation sites (tertiary alicyclic amines) is 1. The molecule has 2 N–H and O–H groups in total. The van der Waals surface area contributed by atoms with E-state index >= 15 is 0 Å². The second-order valence-electron chi connectivity index (χ2n) is 10.2. The van der Waals surface area contributed by atoms with E-state index in [2.05, 4.69) is 40.1 Å². The van der Waals surface area contributed by atoms with Crippen LogP contribution in [0, 0.1) is 5.82 Å². The summed E-state index contributed by atoms with van der Waals surface area (Å²) < 4.78 is 25.2. The van der Waals surface area contributed by atoms with Crippen molar-refractivity contribution in [2.24, 2.45) is 5.73 Å². The van der Waals surface area contributed by atoms with Gasteiger partial charge >= 0.3 is 0 Å².